The SMILES string of the molecule is COC(=O)c1cccc(NC(=O)c2ccnc(Nc3ccccc3)n2)c1. The average molecular weight is 348 g/mol. The summed E-state index contributed by atoms with van der Waals surface area (Å²) in [6.07, 6.45) is 1.50. The Hall–Kier alpha value is -3.74. The zero-order valence-electron chi connectivity index (χ0n) is 14.0. The molecule has 26 heavy (non-hydrogen) atoms. The van der Waals surface area contributed by atoms with Gasteiger partial charge in [-0.05, 0) is 36.4 Å². The van der Waals surface area contributed by atoms with E-state index in [1.54, 1.807) is 18.2 Å². The molecule has 0 unspecified atom stereocenters. The van der Waals surface area contributed by atoms with Gasteiger partial charge in [-0.1, -0.05) is 24.3 Å². The van der Waals surface area contributed by atoms with Gasteiger partial charge in [-0.2, -0.15) is 0 Å². The summed E-state index contributed by atoms with van der Waals surface area (Å²) in [6.45, 7) is 0. The lowest BCUT2D eigenvalue weighted by molar-refractivity contribution is 0.0600. The van der Waals surface area contributed by atoms with Crippen molar-refractivity contribution in [1.29, 1.82) is 0 Å². The number of benzene rings is 2. The van der Waals surface area contributed by atoms with E-state index in [9.17, 15) is 9.59 Å². The number of hydrogen-bond acceptors (Lipinski definition) is 6. The molecule has 0 saturated heterocycles. The summed E-state index contributed by atoms with van der Waals surface area (Å²) in [7, 11) is 1.30. The molecule has 3 aromatic rings. The van der Waals surface area contributed by atoms with E-state index in [0.717, 1.165) is 5.69 Å². The number of hydrogen-bond donors (Lipinski definition) is 2. The third-order valence-electron chi connectivity index (χ3n) is 3.46. The number of ether oxygens (including phenoxy) is 1. The minimum atomic E-state index is -0.475. The number of nitrogens with zero attached hydrogens (tertiary/aromatic N) is 2. The van der Waals surface area contributed by atoms with Crippen molar-refractivity contribution in [2.24, 2.45) is 0 Å². The second-order valence-corrected chi connectivity index (χ2v) is 5.28. The highest BCUT2D eigenvalue weighted by Crippen LogP contribution is 2.14. The molecular formula is C19H16N4O3. The predicted octanol–water partition coefficient (Wildman–Crippen LogP) is 3.26. The van der Waals surface area contributed by atoms with Crippen LogP contribution in [0.25, 0.3) is 0 Å². The molecule has 0 aliphatic heterocycles. The van der Waals surface area contributed by atoms with E-state index < -0.39 is 11.9 Å². The summed E-state index contributed by atoms with van der Waals surface area (Å²) in [5, 5.41) is 5.74. The maximum Gasteiger partial charge on any atom is 0.337 e. The highest BCUT2D eigenvalue weighted by Gasteiger charge is 2.11. The second-order valence-electron chi connectivity index (χ2n) is 5.28. The van der Waals surface area contributed by atoms with Crippen molar-refractivity contribution in [3.8, 4) is 0 Å². The van der Waals surface area contributed by atoms with E-state index >= 15 is 0 Å². The van der Waals surface area contributed by atoms with E-state index in [0.29, 0.717) is 17.2 Å². The van der Waals surface area contributed by atoms with Crippen molar-refractivity contribution in [3.05, 3.63) is 78.1 Å². The number of aromatic nitrogens is 2. The molecule has 0 aliphatic carbocycles. The van der Waals surface area contributed by atoms with Crippen LogP contribution >= 0.6 is 0 Å². The summed E-state index contributed by atoms with van der Waals surface area (Å²) in [5.74, 6) is -0.574. The minimum Gasteiger partial charge on any atom is -0.465 e. The number of amides is 1. The first-order valence-electron chi connectivity index (χ1n) is 7.80. The monoisotopic (exact) mass is 348 g/mol. The first-order valence-corrected chi connectivity index (χ1v) is 7.80. The number of nitrogens with one attached hydrogen (secondary N) is 2. The van der Waals surface area contributed by atoms with Gasteiger partial charge in [-0.15, -0.1) is 0 Å². The largest absolute Gasteiger partial charge is 0.465 e. The molecule has 0 saturated carbocycles. The number of rotatable bonds is 5. The predicted molar refractivity (Wildman–Crippen MR) is 97.5 cm³/mol. The van der Waals surface area contributed by atoms with Gasteiger partial charge < -0.3 is 15.4 Å². The van der Waals surface area contributed by atoms with E-state index in [2.05, 4.69) is 25.3 Å². The Morgan fingerprint density at radius 3 is 2.50 bits per heavy atom. The smallest absolute Gasteiger partial charge is 0.337 e. The van der Waals surface area contributed by atoms with Crippen LogP contribution in [-0.4, -0.2) is 29.0 Å². The zero-order chi connectivity index (χ0) is 18.4. The Labute approximate surface area is 150 Å². The van der Waals surface area contributed by atoms with Gasteiger partial charge in [0.05, 0.1) is 12.7 Å². The van der Waals surface area contributed by atoms with Gasteiger partial charge in [-0.25, -0.2) is 14.8 Å². The maximum atomic E-state index is 12.4. The van der Waals surface area contributed by atoms with Crippen molar-refractivity contribution in [1.82, 2.24) is 9.97 Å². The molecule has 7 heteroatoms. The maximum absolute atomic E-state index is 12.4. The molecule has 1 heterocycles. The molecule has 0 spiro atoms. The zero-order valence-corrected chi connectivity index (χ0v) is 14.0. The summed E-state index contributed by atoms with van der Waals surface area (Å²) >= 11 is 0. The number of methoxy groups -OCH3 is 1. The molecule has 0 fully saturated rings. The number of para-hydroxylation sites is 1. The lowest BCUT2D eigenvalue weighted by Crippen LogP contribution is -2.15. The third-order valence-corrected chi connectivity index (χ3v) is 3.46. The van der Waals surface area contributed by atoms with Gasteiger partial charge in [0.15, 0.2) is 0 Å². The van der Waals surface area contributed by atoms with Gasteiger partial charge >= 0.3 is 5.97 Å². The summed E-state index contributed by atoms with van der Waals surface area (Å²) < 4.78 is 4.67. The summed E-state index contributed by atoms with van der Waals surface area (Å²) in [6, 6.07) is 17.4. The Morgan fingerprint density at radius 1 is 0.962 bits per heavy atom. The van der Waals surface area contributed by atoms with Crippen LogP contribution in [0, 0.1) is 0 Å². The molecule has 0 bridgehead atoms. The van der Waals surface area contributed by atoms with Crippen LogP contribution in [0.4, 0.5) is 17.3 Å². The molecule has 0 atom stereocenters. The van der Waals surface area contributed by atoms with Gasteiger partial charge in [0.2, 0.25) is 5.95 Å². The Bertz CT molecular complexity index is 929. The second kappa shape index (κ2) is 7.89. The first kappa shape index (κ1) is 17.1. The fourth-order valence-electron chi connectivity index (χ4n) is 2.23. The van der Waals surface area contributed by atoms with Crippen LogP contribution in [0.3, 0.4) is 0 Å². The fraction of sp³-hybridized carbons (Fsp3) is 0.0526. The third kappa shape index (κ3) is 4.21. The van der Waals surface area contributed by atoms with Gasteiger partial charge in [0.1, 0.15) is 5.69 Å². The molecule has 1 amide bonds. The Balaban J connectivity index is 1.74. The lowest BCUT2D eigenvalue weighted by Gasteiger charge is -2.08. The van der Waals surface area contributed by atoms with Crippen molar-refractivity contribution < 1.29 is 14.3 Å². The van der Waals surface area contributed by atoms with Crippen molar-refractivity contribution in [2.45, 2.75) is 0 Å². The molecule has 130 valence electrons. The van der Waals surface area contributed by atoms with Crippen LogP contribution in [0.1, 0.15) is 20.8 Å². The van der Waals surface area contributed by atoms with E-state index in [1.807, 2.05) is 30.3 Å². The van der Waals surface area contributed by atoms with Crippen LogP contribution in [0.15, 0.2) is 66.9 Å². The summed E-state index contributed by atoms with van der Waals surface area (Å²) in [4.78, 5) is 32.3. The normalized spacial score (nSPS) is 10.0. The molecule has 1 aromatic heterocycles. The van der Waals surface area contributed by atoms with E-state index in [-0.39, 0.29) is 5.69 Å². The molecule has 2 aromatic carbocycles. The average Bonchev–Trinajstić information content (AvgIpc) is 2.68. The van der Waals surface area contributed by atoms with Gasteiger partial charge in [0, 0.05) is 17.6 Å². The minimum absolute atomic E-state index is 0.196. The van der Waals surface area contributed by atoms with Crippen molar-refractivity contribution in [3.63, 3.8) is 0 Å². The molecule has 3 rings (SSSR count). The molecule has 0 aliphatic rings. The van der Waals surface area contributed by atoms with Gasteiger partial charge in [-0.3, -0.25) is 4.79 Å². The Kier molecular flexibility index (Phi) is 5.19. The Morgan fingerprint density at radius 2 is 1.73 bits per heavy atom. The standard InChI is InChI=1S/C19H16N4O3/c1-26-18(25)13-6-5-9-15(12-13)21-17(24)16-10-11-20-19(23-16)22-14-7-3-2-4-8-14/h2-12H,1H3,(H,21,24)(H,20,22,23). The number of carbonyl (C=O) groups is 2. The van der Waals surface area contributed by atoms with Crippen LogP contribution in [-0.2, 0) is 4.74 Å². The lowest BCUT2D eigenvalue weighted by atomic mass is 10.2. The number of esters is 1. The summed E-state index contributed by atoms with van der Waals surface area (Å²) in [5.41, 5.74) is 1.83. The van der Waals surface area contributed by atoms with Crippen LogP contribution in [0.5, 0.6) is 0 Å². The molecule has 2 N–H and O–H groups in total. The highest BCUT2D eigenvalue weighted by atomic mass is 16.5. The highest BCUT2D eigenvalue weighted by molar-refractivity contribution is 6.03. The molecule has 0 radical (unpaired) electrons. The number of carbonyl (C=O) groups excluding carboxylic acids is 2. The van der Waals surface area contributed by atoms with Crippen molar-refractivity contribution in [2.75, 3.05) is 17.7 Å². The topological polar surface area (TPSA) is 93.2 Å². The van der Waals surface area contributed by atoms with Gasteiger partial charge in [0.25, 0.3) is 5.91 Å². The molecule has 7 nitrogen and oxygen atoms in total. The quantitative estimate of drug-likeness (QED) is 0.688. The van der Waals surface area contributed by atoms with Crippen LogP contribution in [0.2, 0.25) is 0 Å². The number of anilines is 3. The fourth-order valence-corrected chi connectivity index (χ4v) is 2.23. The van der Waals surface area contributed by atoms with Crippen LogP contribution < -0.4 is 10.6 Å². The first-order chi connectivity index (χ1) is 12.7. The van der Waals surface area contributed by atoms with Crippen molar-refractivity contribution >= 4 is 29.2 Å². The van der Waals surface area contributed by atoms with E-state index in [1.165, 1.54) is 25.4 Å². The van der Waals surface area contributed by atoms with E-state index in [4.69, 9.17) is 0 Å². The molecular weight excluding hydrogens is 332 g/mol.